The van der Waals surface area contributed by atoms with Crippen molar-refractivity contribution in [3.8, 4) is 6.07 Å². The Bertz CT molecular complexity index is 1010. The molecule has 0 spiro atoms. The number of esters is 1. The zero-order chi connectivity index (χ0) is 25.7. The van der Waals surface area contributed by atoms with E-state index in [1.165, 1.54) is 0 Å². The van der Waals surface area contributed by atoms with Crippen molar-refractivity contribution in [3.05, 3.63) is 71.3 Å². The number of carbonyl (C=O) groups is 3. The molecule has 0 heterocycles. The number of hydrogen-bond acceptors (Lipinski definition) is 6. The minimum atomic E-state index is -1.12. The summed E-state index contributed by atoms with van der Waals surface area (Å²) in [7, 11) is 0. The number of rotatable bonds is 11. The van der Waals surface area contributed by atoms with Crippen molar-refractivity contribution < 1.29 is 23.9 Å². The minimum Gasteiger partial charge on any atom is -0.460 e. The molecule has 2 N–H and O–H groups in total. The third-order valence-corrected chi connectivity index (χ3v) is 4.89. The number of hydrogen-bond donors (Lipinski definition) is 2. The van der Waals surface area contributed by atoms with E-state index in [-0.39, 0.29) is 13.0 Å². The Morgan fingerprint density at radius 3 is 2.29 bits per heavy atom. The Morgan fingerprint density at radius 1 is 0.971 bits per heavy atom. The Morgan fingerprint density at radius 2 is 1.66 bits per heavy atom. The molecule has 0 unspecified atom stereocenters. The van der Waals surface area contributed by atoms with Crippen LogP contribution in [0.25, 0.3) is 0 Å². The molecule has 0 bridgehead atoms. The lowest BCUT2D eigenvalue weighted by molar-refractivity contribution is -0.156. The van der Waals surface area contributed by atoms with Gasteiger partial charge in [-0.05, 0) is 63.3 Å². The van der Waals surface area contributed by atoms with Gasteiger partial charge in [-0.3, -0.25) is 9.59 Å². The van der Waals surface area contributed by atoms with Crippen LogP contribution in [0.4, 0.5) is 4.79 Å². The van der Waals surface area contributed by atoms with Crippen LogP contribution in [0.15, 0.2) is 54.6 Å². The van der Waals surface area contributed by atoms with Gasteiger partial charge in [-0.25, -0.2) is 4.79 Å². The first-order valence-corrected chi connectivity index (χ1v) is 11.6. The van der Waals surface area contributed by atoms with Crippen LogP contribution in [-0.2, 0) is 32.1 Å². The minimum absolute atomic E-state index is 0.0444. The summed E-state index contributed by atoms with van der Waals surface area (Å²) in [5.74, 6) is -1.08. The fourth-order valence-electron chi connectivity index (χ4n) is 3.20. The first-order valence-electron chi connectivity index (χ1n) is 11.6. The maximum atomic E-state index is 12.7. The summed E-state index contributed by atoms with van der Waals surface area (Å²) in [5, 5.41) is 14.1. The number of aryl methyl sites for hydroxylation is 1. The first-order chi connectivity index (χ1) is 16.7. The summed E-state index contributed by atoms with van der Waals surface area (Å²) in [6, 6.07) is 17.5. The van der Waals surface area contributed by atoms with E-state index in [4.69, 9.17) is 14.7 Å². The van der Waals surface area contributed by atoms with Crippen molar-refractivity contribution in [2.75, 3.05) is 6.54 Å². The second kappa shape index (κ2) is 13.8. The van der Waals surface area contributed by atoms with Gasteiger partial charge in [0, 0.05) is 6.54 Å². The molecule has 2 amide bonds. The van der Waals surface area contributed by atoms with E-state index < -0.39 is 29.6 Å². The van der Waals surface area contributed by atoms with Crippen molar-refractivity contribution in [1.82, 2.24) is 10.6 Å². The van der Waals surface area contributed by atoms with Crippen LogP contribution in [0.2, 0.25) is 0 Å². The quantitative estimate of drug-likeness (QED) is 0.371. The van der Waals surface area contributed by atoms with Gasteiger partial charge in [0.25, 0.3) is 0 Å². The van der Waals surface area contributed by atoms with E-state index in [1.807, 2.05) is 42.5 Å². The molecule has 0 saturated heterocycles. The van der Waals surface area contributed by atoms with Gasteiger partial charge in [0.1, 0.15) is 18.2 Å². The first kappa shape index (κ1) is 27.4. The largest absolute Gasteiger partial charge is 0.460 e. The molecule has 0 fully saturated rings. The van der Waals surface area contributed by atoms with Crippen LogP contribution >= 0.6 is 0 Å². The molecule has 0 aromatic heterocycles. The van der Waals surface area contributed by atoms with Gasteiger partial charge in [-0.1, -0.05) is 42.5 Å². The molecule has 2 aromatic rings. The van der Waals surface area contributed by atoms with Gasteiger partial charge in [0.2, 0.25) is 5.91 Å². The van der Waals surface area contributed by atoms with Gasteiger partial charge < -0.3 is 20.1 Å². The van der Waals surface area contributed by atoms with Crippen molar-refractivity contribution >= 4 is 18.0 Å². The molecule has 0 radical (unpaired) electrons. The van der Waals surface area contributed by atoms with E-state index in [0.29, 0.717) is 18.5 Å². The molecule has 8 heteroatoms. The molecule has 1 atom stereocenters. The molecular formula is C27H33N3O5. The number of unbranched alkanes of at least 4 members (excludes halogenated alkanes) is 1. The number of nitriles is 1. The summed E-state index contributed by atoms with van der Waals surface area (Å²) in [4.78, 5) is 37.3. The van der Waals surface area contributed by atoms with Gasteiger partial charge in [-0.2, -0.15) is 5.26 Å². The monoisotopic (exact) mass is 479 g/mol. The SMILES string of the molecule is CC(C)(C)OC(=O)C[C@H](NC(=O)OCc1ccccc1)C(=O)NCCCCc1ccc(C#N)cc1. The topological polar surface area (TPSA) is 118 Å². The lowest BCUT2D eigenvalue weighted by Gasteiger charge is -2.22. The smallest absolute Gasteiger partial charge is 0.408 e. The Hall–Kier alpha value is -3.86. The number of nitrogens with zero attached hydrogens (tertiary/aromatic N) is 1. The average Bonchev–Trinajstić information content (AvgIpc) is 2.82. The molecule has 0 aliphatic rings. The van der Waals surface area contributed by atoms with Crippen molar-refractivity contribution in [3.63, 3.8) is 0 Å². The van der Waals surface area contributed by atoms with E-state index in [9.17, 15) is 14.4 Å². The molecular weight excluding hydrogens is 446 g/mol. The zero-order valence-electron chi connectivity index (χ0n) is 20.5. The molecule has 0 aliphatic heterocycles. The van der Waals surface area contributed by atoms with Crippen LogP contribution in [0.5, 0.6) is 0 Å². The highest BCUT2D eigenvalue weighted by Gasteiger charge is 2.27. The molecule has 186 valence electrons. The van der Waals surface area contributed by atoms with Gasteiger partial charge in [0.15, 0.2) is 0 Å². The van der Waals surface area contributed by atoms with Crippen LogP contribution < -0.4 is 10.6 Å². The number of alkyl carbamates (subject to hydrolysis) is 1. The Balaban J connectivity index is 1.84. The second-order valence-corrected chi connectivity index (χ2v) is 9.11. The predicted molar refractivity (Wildman–Crippen MR) is 131 cm³/mol. The maximum absolute atomic E-state index is 12.7. The van der Waals surface area contributed by atoms with E-state index in [0.717, 1.165) is 24.0 Å². The highest BCUT2D eigenvalue weighted by molar-refractivity contribution is 5.89. The van der Waals surface area contributed by atoms with Crippen LogP contribution in [0.3, 0.4) is 0 Å². The van der Waals surface area contributed by atoms with Gasteiger partial charge in [0.05, 0.1) is 18.1 Å². The summed E-state index contributed by atoms with van der Waals surface area (Å²) in [6.45, 7) is 5.63. The van der Waals surface area contributed by atoms with Crippen LogP contribution in [-0.4, -0.2) is 36.2 Å². The van der Waals surface area contributed by atoms with Crippen molar-refractivity contribution in [1.29, 1.82) is 5.26 Å². The summed E-state index contributed by atoms with van der Waals surface area (Å²) < 4.78 is 10.5. The number of ether oxygens (including phenoxy) is 2. The lowest BCUT2D eigenvalue weighted by Crippen LogP contribution is -2.48. The average molecular weight is 480 g/mol. The fraction of sp³-hybridized carbons (Fsp3) is 0.407. The number of nitrogens with one attached hydrogen (secondary N) is 2. The molecule has 8 nitrogen and oxygen atoms in total. The normalized spacial score (nSPS) is 11.6. The lowest BCUT2D eigenvalue weighted by atomic mass is 10.1. The molecule has 35 heavy (non-hydrogen) atoms. The van der Waals surface area contributed by atoms with E-state index in [2.05, 4.69) is 16.7 Å². The molecule has 2 rings (SSSR count). The maximum Gasteiger partial charge on any atom is 0.408 e. The third kappa shape index (κ3) is 11.2. The van der Waals surface area contributed by atoms with E-state index in [1.54, 1.807) is 32.9 Å². The Labute approximate surface area is 206 Å². The Kier molecular flexibility index (Phi) is 10.8. The number of benzene rings is 2. The molecule has 0 saturated carbocycles. The van der Waals surface area contributed by atoms with Crippen molar-refractivity contribution in [2.24, 2.45) is 0 Å². The van der Waals surface area contributed by atoms with Gasteiger partial charge >= 0.3 is 12.1 Å². The highest BCUT2D eigenvalue weighted by Crippen LogP contribution is 2.10. The molecule has 0 aliphatic carbocycles. The van der Waals surface area contributed by atoms with Crippen molar-refractivity contribution in [2.45, 2.75) is 64.7 Å². The highest BCUT2D eigenvalue weighted by atomic mass is 16.6. The van der Waals surface area contributed by atoms with Crippen LogP contribution in [0, 0.1) is 11.3 Å². The zero-order valence-corrected chi connectivity index (χ0v) is 20.5. The molecule has 2 aromatic carbocycles. The van der Waals surface area contributed by atoms with E-state index >= 15 is 0 Å². The van der Waals surface area contributed by atoms with Gasteiger partial charge in [-0.15, -0.1) is 0 Å². The fourth-order valence-corrected chi connectivity index (χ4v) is 3.20. The van der Waals surface area contributed by atoms with Crippen LogP contribution in [0.1, 0.15) is 56.7 Å². The summed E-state index contributed by atoms with van der Waals surface area (Å²) in [5.41, 5.74) is 1.82. The summed E-state index contributed by atoms with van der Waals surface area (Å²) >= 11 is 0. The standard InChI is InChI=1S/C27H33N3O5/c1-27(2,3)35-24(31)17-23(30-26(33)34-19-22-10-5-4-6-11-22)25(32)29-16-8-7-9-20-12-14-21(18-28)15-13-20/h4-6,10-15,23H,7-9,16-17,19H2,1-3H3,(H,29,32)(H,30,33)/t23-/m0/s1. The number of amides is 2. The third-order valence-electron chi connectivity index (χ3n) is 4.89. The second-order valence-electron chi connectivity index (χ2n) is 9.11. The predicted octanol–water partition coefficient (Wildman–Crippen LogP) is 4.02. The summed E-state index contributed by atoms with van der Waals surface area (Å²) in [6.07, 6.45) is 1.25. The number of carbonyl (C=O) groups excluding carboxylic acids is 3.